The first-order valence-corrected chi connectivity index (χ1v) is 6.61. The Kier molecular flexibility index (Phi) is 3.49. The monoisotopic (exact) mass is 277 g/mol. The minimum Gasteiger partial charge on any atom is -0.310 e. The Morgan fingerprint density at radius 3 is 2.40 bits per heavy atom. The second-order valence-electron chi connectivity index (χ2n) is 5.09. The standard InChI is InChI=1S/C16H14F3N/c17-12-3-6-14(16(19)8-12)10-1-2-11(15(18)7-10)9-20-13-4-5-13/h1-3,6-8,13,20H,4-5,9H2. The molecule has 0 amide bonds. The van der Waals surface area contributed by atoms with Gasteiger partial charge in [-0.2, -0.15) is 0 Å². The van der Waals surface area contributed by atoms with Crippen molar-refractivity contribution in [2.45, 2.75) is 25.4 Å². The lowest BCUT2D eigenvalue weighted by Crippen LogP contribution is -2.16. The maximum Gasteiger partial charge on any atom is 0.133 e. The van der Waals surface area contributed by atoms with Crippen LogP contribution in [0.25, 0.3) is 11.1 Å². The first-order chi connectivity index (χ1) is 9.63. The van der Waals surface area contributed by atoms with E-state index in [0.29, 0.717) is 23.7 Å². The second kappa shape index (κ2) is 5.29. The van der Waals surface area contributed by atoms with Gasteiger partial charge in [-0.05, 0) is 36.6 Å². The summed E-state index contributed by atoms with van der Waals surface area (Å²) >= 11 is 0. The molecule has 2 aromatic carbocycles. The van der Waals surface area contributed by atoms with Crippen LogP contribution in [-0.2, 0) is 6.54 Å². The van der Waals surface area contributed by atoms with Crippen LogP contribution >= 0.6 is 0 Å². The van der Waals surface area contributed by atoms with Gasteiger partial charge in [0, 0.05) is 29.8 Å². The third-order valence-corrected chi connectivity index (χ3v) is 3.45. The summed E-state index contributed by atoms with van der Waals surface area (Å²) in [5.74, 6) is -1.70. The zero-order valence-corrected chi connectivity index (χ0v) is 10.8. The quantitative estimate of drug-likeness (QED) is 0.890. The van der Waals surface area contributed by atoms with E-state index in [1.807, 2.05) is 0 Å². The molecule has 1 aliphatic carbocycles. The highest BCUT2D eigenvalue weighted by molar-refractivity contribution is 5.64. The summed E-state index contributed by atoms with van der Waals surface area (Å²) in [6, 6.07) is 8.38. The molecule has 2 aromatic rings. The molecule has 1 N–H and O–H groups in total. The van der Waals surface area contributed by atoms with E-state index in [0.717, 1.165) is 18.9 Å². The maximum atomic E-state index is 14.0. The smallest absolute Gasteiger partial charge is 0.133 e. The SMILES string of the molecule is Fc1ccc(-c2ccc(CNC3CC3)c(F)c2)c(F)c1. The van der Waals surface area contributed by atoms with Gasteiger partial charge in [0.05, 0.1) is 0 Å². The molecule has 0 radical (unpaired) electrons. The highest BCUT2D eigenvalue weighted by atomic mass is 19.1. The largest absolute Gasteiger partial charge is 0.310 e. The van der Waals surface area contributed by atoms with Crippen LogP contribution in [0.2, 0.25) is 0 Å². The molecule has 1 aliphatic rings. The van der Waals surface area contributed by atoms with Crippen LogP contribution in [0.1, 0.15) is 18.4 Å². The fourth-order valence-electron chi connectivity index (χ4n) is 2.12. The number of rotatable bonds is 4. The number of halogens is 3. The summed E-state index contributed by atoms with van der Waals surface area (Å²) in [4.78, 5) is 0. The predicted octanol–water partition coefficient (Wildman–Crippen LogP) is 4.02. The summed E-state index contributed by atoms with van der Waals surface area (Å²) < 4.78 is 40.5. The normalized spacial score (nSPS) is 14.6. The van der Waals surface area contributed by atoms with Gasteiger partial charge in [0.25, 0.3) is 0 Å². The Bertz CT molecular complexity index is 636. The maximum absolute atomic E-state index is 14.0. The van der Waals surface area contributed by atoms with Crippen molar-refractivity contribution in [2.75, 3.05) is 0 Å². The zero-order chi connectivity index (χ0) is 14.1. The van der Waals surface area contributed by atoms with Crippen LogP contribution < -0.4 is 5.32 Å². The number of hydrogen-bond acceptors (Lipinski definition) is 1. The number of nitrogens with one attached hydrogen (secondary N) is 1. The van der Waals surface area contributed by atoms with E-state index in [2.05, 4.69) is 5.32 Å². The number of benzene rings is 2. The number of hydrogen-bond donors (Lipinski definition) is 1. The van der Waals surface area contributed by atoms with Gasteiger partial charge in [0.2, 0.25) is 0 Å². The summed E-state index contributed by atoms with van der Waals surface area (Å²) in [5.41, 5.74) is 1.17. The molecule has 3 rings (SSSR count). The van der Waals surface area contributed by atoms with Crippen molar-refractivity contribution in [2.24, 2.45) is 0 Å². The molecule has 0 unspecified atom stereocenters. The van der Waals surface area contributed by atoms with E-state index in [9.17, 15) is 13.2 Å². The molecule has 1 saturated carbocycles. The summed E-state index contributed by atoms with van der Waals surface area (Å²) in [6.45, 7) is 0.475. The highest BCUT2D eigenvalue weighted by Crippen LogP contribution is 2.26. The lowest BCUT2D eigenvalue weighted by Gasteiger charge is -2.08. The molecule has 4 heteroatoms. The Labute approximate surface area is 115 Å². The van der Waals surface area contributed by atoms with Crippen molar-refractivity contribution in [3.05, 3.63) is 59.4 Å². The fourth-order valence-corrected chi connectivity index (χ4v) is 2.12. The molecular formula is C16H14F3N. The molecule has 0 heterocycles. The average Bonchev–Trinajstić information content (AvgIpc) is 3.21. The third-order valence-electron chi connectivity index (χ3n) is 3.45. The van der Waals surface area contributed by atoms with E-state index >= 15 is 0 Å². The Balaban J connectivity index is 1.84. The molecule has 0 atom stereocenters. The topological polar surface area (TPSA) is 12.0 Å². The third kappa shape index (κ3) is 2.85. The van der Waals surface area contributed by atoms with E-state index in [1.54, 1.807) is 12.1 Å². The molecule has 0 bridgehead atoms. The van der Waals surface area contributed by atoms with E-state index in [-0.39, 0.29) is 11.4 Å². The molecule has 1 fully saturated rings. The van der Waals surface area contributed by atoms with Gasteiger partial charge in [0.15, 0.2) is 0 Å². The van der Waals surface area contributed by atoms with Crippen molar-refractivity contribution in [1.82, 2.24) is 5.32 Å². The highest BCUT2D eigenvalue weighted by Gasteiger charge is 2.20. The summed E-state index contributed by atoms with van der Waals surface area (Å²) in [6.07, 6.45) is 2.28. The van der Waals surface area contributed by atoms with Crippen molar-refractivity contribution >= 4 is 0 Å². The van der Waals surface area contributed by atoms with Crippen LogP contribution in [0.5, 0.6) is 0 Å². The molecular weight excluding hydrogens is 263 g/mol. The van der Waals surface area contributed by atoms with Gasteiger partial charge in [-0.1, -0.05) is 12.1 Å². The van der Waals surface area contributed by atoms with Crippen molar-refractivity contribution < 1.29 is 13.2 Å². The van der Waals surface area contributed by atoms with Gasteiger partial charge < -0.3 is 5.32 Å². The van der Waals surface area contributed by atoms with E-state index in [4.69, 9.17) is 0 Å². The lowest BCUT2D eigenvalue weighted by atomic mass is 10.0. The minimum absolute atomic E-state index is 0.201. The average molecular weight is 277 g/mol. The van der Waals surface area contributed by atoms with Gasteiger partial charge in [-0.15, -0.1) is 0 Å². The van der Waals surface area contributed by atoms with Gasteiger partial charge in [-0.3, -0.25) is 0 Å². The summed E-state index contributed by atoms with van der Waals surface area (Å²) in [7, 11) is 0. The Hall–Kier alpha value is -1.81. The Morgan fingerprint density at radius 1 is 0.950 bits per heavy atom. The van der Waals surface area contributed by atoms with Crippen LogP contribution in [-0.4, -0.2) is 6.04 Å². The first kappa shape index (κ1) is 13.2. The second-order valence-corrected chi connectivity index (χ2v) is 5.09. The molecule has 0 aromatic heterocycles. The van der Waals surface area contributed by atoms with Gasteiger partial charge in [-0.25, -0.2) is 13.2 Å². The molecule has 20 heavy (non-hydrogen) atoms. The fraction of sp³-hybridized carbons (Fsp3) is 0.250. The molecule has 0 saturated heterocycles. The minimum atomic E-state index is -0.687. The molecule has 0 spiro atoms. The van der Waals surface area contributed by atoms with Crippen LogP contribution in [0.3, 0.4) is 0 Å². The zero-order valence-electron chi connectivity index (χ0n) is 10.8. The van der Waals surface area contributed by atoms with Gasteiger partial charge >= 0.3 is 0 Å². The van der Waals surface area contributed by atoms with Crippen molar-refractivity contribution in [1.29, 1.82) is 0 Å². The van der Waals surface area contributed by atoms with Crippen molar-refractivity contribution in [3.63, 3.8) is 0 Å². The van der Waals surface area contributed by atoms with Crippen LogP contribution in [0, 0.1) is 17.5 Å². The Morgan fingerprint density at radius 2 is 1.75 bits per heavy atom. The van der Waals surface area contributed by atoms with E-state index < -0.39 is 11.6 Å². The first-order valence-electron chi connectivity index (χ1n) is 6.61. The molecule has 0 aliphatic heterocycles. The molecule has 1 nitrogen and oxygen atoms in total. The summed E-state index contributed by atoms with van der Waals surface area (Å²) in [5, 5.41) is 3.23. The van der Waals surface area contributed by atoms with Crippen molar-refractivity contribution in [3.8, 4) is 11.1 Å². The van der Waals surface area contributed by atoms with Crippen LogP contribution in [0.4, 0.5) is 13.2 Å². The molecule has 104 valence electrons. The van der Waals surface area contributed by atoms with E-state index in [1.165, 1.54) is 18.2 Å². The van der Waals surface area contributed by atoms with Crippen LogP contribution in [0.15, 0.2) is 36.4 Å². The predicted molar refractivity (Wildman–Crippen MR) is 71.6 cm³/mol. The van der Waals surface area contributed by atoms with Gasteiger partial charge in [0.1, 0.15) is 17.5 Å². The lowest BCUT2D eigenvalue weighted by molar-refractivity contribution is 0.583.